The van der Waals surface area contributed by atoms with E-state index < -0.39 is 11.9 Å². The van der Waals surface area contributed by atoms with Crippen LogP contribution in [0.4, 0.5) is 4.39 Å². The molecular weight excluding hydrogens is 459 g/mol. The van der Waals surface area contributed by atoms with Crippen molar-refractivity contribution in [2.75, 3.05) is 6.54 Å². The smallest absolute Gasteiger partial charge is 0.242 e. The summed E-state index contributed by atoms with van der Waals surface area (Å²) in [6, 6.07) is 11.1. The monoisotopic (exact) mass is 482 g/mol. The molecule has 2 aromatic rings. The van der Waals surface area contributed by atoms with Crippen LogP contribution in [-0.4, -0.2) is 29.3 Å². The summed E-state index contributed by atoms with van der Waals surface area (Å²) in [4.78, 5) is 27.2. The van der Waals surface area contributed by atoms with Gasteiger partial charge in [0.15, 0.2) is 0 Å². The van der Waals surface area contributed by atoms with Gasteiger partial charge in [0.2, 0.25) is 11.8 Å². The molecule has 0 unspecified atom stereocenters. The molecule has 4 nitrogen and oxygen atoms in total. The van der Waals surface area contributed by atoms with Gasteiger partial charge in [0.05, 0.1) is 6.42 Å². The quantitative estimate of drug-likeness (QED) is 0.576. The first kappa shape index (κ1) is 23.4. The predicted octanol–water partition coefficient (Wildman–Crippen LogP) is 4.97. The van der Waals surface area contributed by atoms with Crippen LogP contribution in [0.5, 0.6) is 0 Å². The van der Waals surface area contributed by atoms with Crippen molar-refractivity contribution in [3.05, 3.63) is 68.9 Å². The SMILES string of the molecule is CC(C)CNC(=O)[C@@H](C)N(Cc1cccc(Br)c1)C(=O)Cc1c(F)cccc1Cl. The largest absolute Gasteiger partial charge is 0.354 e. The maximum atomic E-state index is 14.2. The lowest BCUT2D eigenvalue weighted by Crippen LogP contribution is -2.48. The summed E-state index contributed by atoms with van der Waals surface area (Å²) in [5.74, 6) is -0.867. The number of carbonyl (C=O) groups is 2. The Kier molecular flexibility index (Phi) is 8.65. The maximum Gasteiger partial charge on any atom is 0.242 e. The number of hydrogen-bond donors (Lipinski definition) is 1. The van der Waals surface area contributed by atoms with Gasteiger partial charge in [-0.15, -0.1) is 0 Å². The molecule has 0 aromatic heterocycles. The van der Waals surface area contributed by atoms with Crippen molar-refractivity contribution in [3.63, 3.8) is 0 Å². The van der Waals surface area contributed by atoms with E-state index in [1.807, 2.05) is 38.1 Å². The first-order valence-electron chi connectivity index (χ1n) is 9.43. The molecule has 156 valence electrons. The summed E-state index contributed by atoms with van der Waals surface area (Å²) in [6.45, 7) is 6.40. The summed E-state index contributed by atoms with van der Waals surface area (Å²) in [5, 5.41) is 3.05. The van der Waals surface area contributed by atoms with Gasteiger partial charge in [-0.25, -0.2) is 4.39 Å². The van der Waals surface area contributed by atoms with Gasteiger partial charge in [-0.1, -0.05) is 59.6 Å². The second kappa shape index (κ2) is 10.7. The van der Waals surface area contributed by atoms with Crippen LogP contribution in [0.15, 0.2) is 46.9 Å². The third-order valence-corrected chi connectivity index (χ3v) is 5.33. The molecule has 1 N–H and O–H groups in total. The maximum absolute atomic E-state index is 14.2. The Morgan fingerprint density at radius 3 is 2.48 bits per heavy atom. The van der Waals surface area contributed by atoms with Crippen LogP contribution < -0.4 is 5.32 Å². The van der Waals surface area contributed by atoms with Crippen LogP contribution in [0.1, 0.15) is 31.9 Å². The minimum atomic E-state index is -0.717. The van der Waals surface area contributed by atoms with Crippen molar-refractivity contribution in [1.82, 2.24) is 10.2 Å². The second-order valence-corrected chi connectivity index (χ2v) is 8.67. The molecule has 2 rings (SSSR count). The van der Waals surface area contributed by atoms with Crippen molar-refractivity contribution in [1.29, 1.82) is 0 Å². The minimum absolute atomic E-state index is 0.133. The molecule has 0 bridgehead atoms. The molecule has 0 aliphatic rings. The summed E-state index contributed by atoms with van der Waals surface area (Å²) < 4.78 is 15.1. The van der Waals surface area contributed by atoms with E-state index in [9.17, 15) is 14.0 Å². The van der Waals surface area contributed by atoms with E-state index in [2.05, 4.69) is 21.2 Å². The van der Waals surface area contributed by atoms with Gasteiger partial charge < -0.3 is 10.2 Å². The summed E-state index contributed by atoms with van der Waals surface area (Å²) in [5.41, 5.74) is 0.990. The van der Waals surface area contributed by atoms with Crippen LogP contribution in [0.25, 0.3) is 0 Å². The molecule has 1 atom stereocenters. The molecule has 0 spiro atoms. The lowest BCUT2D eigenvalue weighted by molar-refractivity contribution is -0.140. The molecule has 0 heterocycles. The van der Waals surface area contributed by atoms with Crippen LogP contribution in [0.3, 0.4) is 0 Å². The van der Waals surface area contributed by atoms with E-state index in [1.165, 1.54) is 17.0 Å². The highest BCUT2D eigenvalue weighted by molar-refractivity contribution is 9.10. The molecular formula is C22H25BrClFN2O2. The zero-order chi connectivity index (χ0) is 21.6. The van der Waals surface area contributed by atoms with Gasteiger partial charge in [0, 0.05) is 28.1 Å². The van der Waals surface area contributed by atoms with Crippen LogP contribution in [-0.2, 0) is 22.6 Å². The fourth-order valence-electron chi connectivity index (χ4n) is 2.82. The molecule has 2 aromatic carbocycles. The van der Waals surface area contributed by atoms with Crippen LogP contribution in [0, 0.1) is 11.7 Å². The topological polar surface area (TPSA) is 49.4 Å². The van der Waals surface area contributed by atoms with E-state index in [1.54, 1.807) is 13.0 Å². The zero-order valence-corrected chi connectivity index (χ0v) is 19.1. The number of halogens is 3. The number of nitrogens with zero attached hydrogens (tertiary/aromatic N) is 1. The Bertz CT molecular complexity index is 855. The highest BCUT2D eigenvalue weighted by atomic mass is 79.9. The van der Waals surface area contributed by atoms with Gasteiger partial charge in [-0.2, -0.15) is 0 Å². The van der Waals surface area contributed by atoms with Crippen molar-refractivity contribution >= 4 is 39.3 Å². The first-order valence-corrected chi connectivity index (χ1v) is 10.6. The van der Waals surface area contributed by atoms with Crippen molar-refractivity contribution in [2.45, 2.75) is 39.8 Å². The van der Waals surface area contributed by atoms with E-state index in [4.69, 9.17) is 11.6 Å². The Morgan fingerprint density at radius 1 is 1.17 bits per heavy atom. The lowest BCUT2D eigenvalue weighted by Gasteiger charge is -2.29. The minimum Gasteiger partial charge on any atom is -0.354 e. The Labute approximate surface area is 184 Å². The standard InChI is InChI=1S/C22H25BrClFN2O2/c1-14(2)12-26-22(29)15(3)27(13-16-6-4-7-17(23)10-16)21(28)11-18-19(24)8-5-9-20(18)25/h4-10,14-15H,11-13H2,1-3H3,(H,26,29)/t15-/m1/s1. The summed E-state index contributed by atoms with van der Waals surface area (Å²) in [6.07, 6.45) is -0.221. The molecule has 7 heteroatoms. The molecule has 0 saturated carbocycles. The Morgan fingerprint density at radius 2 is 1.86 bits per heavy atom. The molecule has 0 aliphatic carbocycles. The van der Waals surface area contributed by atoms with Gasteiger partial charge in [0.25, 0.3) is 0 Å². The van der Waals surface area contributed by atoms with Crippen molar-refractivity contribution in [2.24, 2.45) is 5.92 Å². The molecule has 29 heavy (non-hydrogen) atoms. The first-order chi connectivity index (χ1) is 13.7. The average Bonchev–Trinajstić information content (AvgIpc) is 2.66. The van der Waals surface area contributed by atoms with E-state index in [-0.39, 0.29) is 41.3 Å². The number of amides is 2. The summed E-state index contributed by atoms with van der Waals surface area (Å²) in [7, 11) is 0. The number of rotatable bonds is 8. The van der Waals surface area contributed by atoms with Gasteiger partial charge in [-0.3, -0.25) is 9.59 Å². The predicted molar refractivity (Wildman–Crippen MR) is 117 cm³/mol. The highest BCUT2D eigenvalue weighted by Gasteiger charge is 2.27. The molecule has 0 radical (unpaired) electrons. The highest BCUT2D eigenvalue weighted by Crippen LogP contribution is 2.22. The van der Waals surface area contributed by atoms with E-state index in [0.29, 0.717) is 6.54 Å². The number of nitrogens with one attached hydrogen (secondary N) is 1. The van der Waals surface area contributed by atoms with Gasteiger partial charge >= 0.3 is 0 Å². The number of hydrogen-bond acceptors (Lipinski definition) is 2. The molecule has 0 aliphatic heterocycles. The third kappa shape index (κ3) is 6.82. The second-order valence-electron chi connectivity index (χ2n) is 7.34. The lowest BCUT2D eigenvalue weighted by atomic mass is 10.1. The van der Waals surface area contributed by atoms with Gasteiger partial charge in [-0.05, 0) is 42.7 Å². The van der Waals surface area contributed by atoms with Crippen molar-refractivity contribution < 1.29 is 14.0 Å². The molecule has 0 fully saturated rings. The normalized spacial score (nSPS) is 12.0. The van der Waals surface area contributed by atoms with Gasteiger partial charge in [0.1, 0.15) is 11.9 Å². The van der Waals surface area contributed by atoms with Crippen LogP contribution in [0.2, 0.25) is 5.02 Å². The zero-order valence-electron chi connectivity index (χ0n) is 16.7. The summed E-state index contributed by atoms with van der Waals surface area (Å²) >= 11 is 9.51. The van der Waals surface area contributed by atoms with E-state index in [0.717, 1.165) is 10.0 Å². The molecule has 2 amide bonds. The molecule has 0 saturated heterocycles. The average molecular weight is 484 g/mol. The van der Waals surface area contributed by atoms with Crippen molar-refractivity contribution in [3.8, 4) is 0 Å². The van der Waals surface area contributed by atoms with E-state index >= 15 is 0 Å². The number of carbonyl (C=O) groups excluding carboxylic acids is 2. The fraction of sp³-hybridized carbons (Fsp3) is 0.364. The third-order valence-electron chi connectivity index (χ3n) is 4.48. The fourth-order valence-corrected chi connectivity index (χ4v) is 3.50. The Hall–Kier alpha value is -1.92. The Balaban J connectivity index is 2.27. The number of benzene rings is 2. The van der Waals surface area contributed by atoms with Crippen LogP contribution >= 0.6 is 27.5 Å².